The van der Waals surface area contributed by atoms with Crippen LogP contribution in [-0.2, 0) is 6.42 Å². The molecule has 3 N–H and O–H groups in total. The second-order valence-electron chi connectivity index (χ2n) is 6.47. The number of rotatable bonds is 6. The number of nitrogens with one attached hydrogen (secondary N) is 3. The minimum Gasteiger partial charge on any atom is -0.361 e. The number of benzene rings is 2. The molecule has 0 aliphatic rings. The molecule has 0 aliphatic heterocycles. The fourth-order valence-electron chi connectivity index (χ4n) is 3.10. The van der Waals surface area contributed by atoms with Crippen molar-refractivity contribution in [3.8, 4) is 6.07 Å². The number of para-hydroxylation sites is 1. The topological polar surface area (TPSA) is 106 Å². The van der Waals surface area contributed by atoms with E-state index in [4.69, 9.17) is 5.26 Å². The maximum absolute atomic E-state index is 12.5. The predicted molar refractivity (Wildman–Crippen MR) is 111 cm³/mol. The zero-order valence-corrected chi connectivity index (χ0v) is 15.5. The van der Waals surface area contributed by atoms with E-state index < -0.39 is 0 Å². The predicted octanol–water partition coefficient (Wildman–Crippen LogP) is 3.55. The van der Waals surface area contributed by atoms with Gasteiger partial charge in [0, 0.05) is 35.4 Å². The first kappa shape index (κ1) is 18.2. The fourth-order valence-corrected chi connectivity index (χ4v) is 3.10. The summed E-state index contributed by atoms with van der Waals surface area (Å²) >= 11 is 0. The Hall–Kier alpha value is -4.18. The largest absolute Gasteiger partial charge is 0.361 e. The van der Waals surface area contributed by atoms with Gasteiger partial charge in [-0.3, -0.25) is 4.79 Å². The Balaban J connectivity index is 1.38. The number of nitriles is 1. The molecule has 142 valence electrons. The quantitative estimate of drug-likeness (QED) is 0.473. The average molecular weight is 382 g/mol. The number of anilines is 2. The van der Waals surface area contributed by atoms with Crippen molar-refractivity contribution >= 4 is 28.3 Å². The van der Waals surface area contributed by atoms with Crippen LogP contribution in [0.5, 0.6) is 0 Å². The van der Waals surface area contributed by atoms with Gasteiger partial charge in [-0.15, -0.1) is 0 Å². The average Bonchev–Trinajstić information content (AvgIpc) is 3.17. The van der Waals surface area contributed by atoms with Gasteiger partial charge in [-0.1, -0.05) is 24.3 Å². The summed E-state index contributed by atoms with van der Waals surface area (Å²) < 4.78 is 0. The van der Waals surface area contributed by atoms with Crippen LogP contribution in [0.25, 0.3) is 10.9 Å². The highest BCUT2D eigenvalue weighted by Crippen LogP contribution is 2.18. The Morgan fingerprint density at radius 2 is 2.00 bits per heavy atom. The summed E-state index contributed by atoms with van der Waals surface area (Å²) in [5.41, 5.74) is 3.77. The molecule has 0 fully saturated rings. The Labute approximate surface area is 167 Å². The zero-order chi connectivity index (χ0) is 20.1. The van der Waals surface area contributed by atoms with Gasteiger partial charge in [-0.05, 0) is 36.2 Å². The van der Waals surface area contributed by atoms with E-state index >= 15 is 0 Å². The van der Waals surface area contributed by atoms with Gasteiger partial charge >= 0.3 is 0 Å². The molecule has 0 radical (unpaired) electrons. The molecule has 0 unspecified atom stereocenters. The number of carbonyl (C=O) groups is 1. The molecule has 0 aliphatic carbocycles. The molecule has 0 saturated carbocycles. The third-order valence-electron chi connectivity index (χ3n) is 4.52. The molecule has 7 heteroatoms. The first-order valence-corrected chi connectivity index (χ1v) is 9.15. The highest BCUT2D eigenvalue weighted by atomic mass is 16.1. The first-order valence-electron chi connectivity index (χ1n) is 9.15. The SMILES string of the molecule is N#Cc1cccc(Nc2cc(C(=O)NCCc3c[nH]c4ccccc34)ncn2)c1. The van der Waals surface area contributed by atoms with Crippen LogP contribution in [0.4, 0.5) is 11.5 Å². The molecule has 4 aromatic rings. The van der Waals surface area contributed by atoms with Gasteiger partial charge in [-0.25, -0.2) is 9.97 Å². The molecule has 1 amide bonds. The fraction of sp³-hybridized carbons (Fsp3) is 0.0909. The van der Waals surface area contributed by atoms with Gasteiger partial charge < -0.3 is 15.6 Å². The Morgan fingerprint density at radius 1 is 1.10 bits per heavy atom. The summed E-state index contributed by atoms with van der Waals surface area (Å²) in [6.45, 7) is 0.498. The second-order valence-corrected chi connectivity index (χ2v) is 6.47. The van der Waals surface area contributed by atoms with Crippen LogP contribution in [0.1, 0.15) is 21.6 Å². The molecule has 7 nitrogen and oxygen atoms in total. The molecule has 0 spiro atoms. The molecule has 0 saturated heterocycles. The van der Waals surface area contributed by atoms with E-state index in [1.807, 2.05) is 30.5 Å². The lowest BCUT2D eigenvalue weighted by molar-refractivity contribution is 0.0949. The van der Waals surface area contributed by atoms with Crippen molar-refractivity contribution in [2.45, 2.75) is 6.42 Å². The maximum atomic E-state index is 12.5. The van der Waals surface area contributed by atoms with Crippen LogP contribution in [-0.4, -0.2) is 27.4 Å². The highest BCUT2D eigenvalue weighted by molar-refractivity contribution is 5.93. The van der Waals surface area contributed by atoms with Crippen molar-refractivity contribution in [3.63, 3.8) is 0 Å². The number of hydrogen-bond acceptors (Lipinski definition) is 5. The number of aromatic nitrogens is 3. The van der Waals surface area contributed by atoms with Gasteiger partial charge in [0.1, 0.15) is 17.8 Å². The molecule has 0 atom stereocenters. The van der Waals surface area contributed by atoms with E-state index in [1.54, 1.807) is 24.3 Å². The third kappa shape index (κ3) is 4.22. The van der Waals surface area contributed by atoms with Crippen LogP contribution < -0.4 is 10.6 Å². The summed E-state index contributed by atoms with van der Waals surface area (Å²) in [5.74, 6) is 0.220. The van der Waals surface area contributed by atoms with E-state index in [1.165, 1.54) is 6.33 Å². The molecular formula is C22H18N6O. The van der Waals surface area contributed by atoms with Gasteiger partial charge in [-0.2, -0.15) is 5.26 Å². The molecule has 2 heterocycles. The maximum Gasteiger partial charge on any atom is 0.270 e. The van der Waals surface area contributed by atoms with Crippen LogP contribution >= 0.6 is 0 Å². The molecule has 0 bridgehead atoms. The number of amides is 1. The lowest BCUT2D eigenvalue weighted by atomic mass is 10.1. The van der Waals surface area contributed by atoms with E-state index in [2.05, 4.69) is 37.7 Å². The smallest absolute Gasteiger partial charge is 0.270 e. The lowest BCUT2D eigenvalue weighted by Gasteiger charge is -2.08. The Morgan fingerprint density at radius 3 is 2.90 bits per heavy atom. The second kappa shape index (κ2) is 8.23. The molecule has 29 heavy (non-hydrogen) atoms. The summed E-state index contributed by atoms with van der Waals surface area (Å²) in [7, 11) is 0. The monoisotopic (exact) mass is 382 g/mol. The van der Waals surface area contributed by atoms with Crippen molar-refractivity contribution in [1.29, 1.82) is 5.26 Å². The van der Waals surface area contributed by atoms with Crippen LogP contribution in [0.3, 0.4) is 0 Å². The van der Waals surface area contributed by atoms with Crippen molar-refractivity contribution in [3.05, 3.63) is 83.9 Å². The summed E-state index contributed by atoms with van der Waals surface area (Å²) in [6, 6.07) is 18.8. The standard InChI is InChI=1S/C22H18N6O/c23-12-15-4-3-5-17(10-15)28-21-11-20(26-14-27-21)22(29)24-9-8-16-13-25-19-7-2-1-6-18(16)19/h1-7,10-11,13-14,25H,8-9H2,(H,24,29)(H,26,27,28). The van der Waals surface area contributed by atoms with Gasteiger partial charge in [0.05, 0.1) is 11.6 Å². The zero-order valence-electron chi connectivity index (χ0n) is 15.5. The minimum atomic E-state index is -0.263. The van der Waals surface area contributed by atoms with Crippen LogP contribution in [0.15, 0.2) is 67.1 Å². The van der Waals surface area contributed by atoms with Gasteiger partial charge in [0.2, 0.25) is 0 Å². The van der Waals surface area contributed by atoms with Crippen LogP contribution in [0.2, 0.25) is 0 Å². The first-order chi connectivity index (χ1) is 14.2. The van der Waals surface area contributed by atoms with E-state index in [0.717, 1.165) is 16.5 Å². The number of fused-ring (bicyclic) bond motifs is 1. The van der Waals surface area contributed by atoms with Gasteiger partial charge in [0.25, 0.3) is 5.91 Å². The van der Waals surface area contributed by atoms with Crippen molar-refractivity contribution in [2.24, 2.45) is 0 Å². The van der Waals surface area contributed by atoms with E-state index in [9.17, 15) is 4.79 Å². The van der Waals surface area contributed by atoms with Crippen molar-refractivity contribution in [1.82, 2.24) is 20.3 Å². The Kier molecular flexibility index (Phi) is 5.16. The number of nitrogens with zero attached hydrogens (tertiary/aromatic N) is 3. The summed E-state index contributed by atoms with van der Waals surface area (Å²) in [4.78, 5) is 23.9. The molecule has 2 aromatic heterocycles. The third-order valence-corrected chi connectivity index (χ3v) is 4.52. The summed E-state index contributed by atoms with van der Waals surface area (Å²) in [6.07, 6.45) is 4.02. The molecule has 2 aromatic carbocycles. The normalized spacial score (nSPS) is 10.4. The highest BCUT2D eigenvalue weighted by Gasteiger charge is 2.10. The van der Waals surface area contributed by atoms with E-state index in [0.29, 0.717) is 30.0 Å². The van der Waals surface area contributed by atoms with Crippen LogP contribution in [0, 0.1) is 11.3 Å². The summed E-state index contributed by atoms with van der Waals surface area (Å²) in [5, 5.41) is 16.1. The minimum absolute atomic E-state index is 0.263. The number of aromatic amines is 1. The molecular weight excluding hydrogens is 364 g/mol. The molecule has 4 rings (SSSR count). The van der Waals surface area contributed by atoms with Crippen molar-refractivity contribution in [2.75, 3.05) is 11.9 Å². The van der Waals surface area contributed by atoms with E-state index in [-0.39, 0.29) is 11.6 Å². The number of hydrogen-bond donors (Lipinski definition) is 3. The number of H-pyrrole nitrogens is 1. The van der Waals surface area contributed by atoms with Crippen molar-refractivity contribution < 1.29 is 4.79 Å². The number of carbonyl (C=O) groups excluding carboxylic acids is 1. The Bertz CT molecular complexity index is 1210. The lowest BCUT2D eigenvalue weighted by Crippen LogP contribution is -2.26. The van der Waals surface area contributed by atoms with Gasteiger partial charge in [0.15, 0.2) is 0 Å².